The minimum atomic E-state index is -1.29. The fourth-order valence-corrected chi connectivity index (χ4v) is 3.51. The highest BCUT2D eigenvalue weighted by Gasteiger charge is 2.49. The number of rotatable bonds is 6. The lowest BCUT2D eigenvalue weighted by Crippen LogP contribution is -2.42. The Balaban J connectivity index is 1.79. The average Bonchev–Trinajstić information content (AvgIpc) is 2.92. The molecule has 2 aromatic rings. The summed E-state index contributed by atoms with van der Waals surface area (Å²) in [4.78, 5) is 38.9. The second-order valence-corrected chi connectivity index (χ2v) is 7.46. The topological polar surface area (TPSA) is 97.0 Å². The molecule has 0 bridgehead atoms. The molecule has 1 heterocycles. The fourth-order valence-electron chi connectivity index (χ4n) is 3.34. The summed E-state index contributed by atoms with van der Waals surface area (Å²) in [6.07, 6.45) is 0. The first kappa shape index (κ1) is 21.4. The number of urea groups is 1. The van der Waals surface area contributed by atoms with Gasteiger partial charge < -0.3 is 20.1 Å². The van der Waals surface area contributed by atoms with Crippen LogP contribution in [-0.2, 0) is 15.1 Å². The minimum absolute atomic E-state index is 0.343. The molecule has 1 aliphatic heterocycles. The van der Waals surface area contributed by atoms with Crippen molar-refractivity contribution in [1.29, 1.82) is 0 Å². The second kappa shape index (κ2) is 8.23. The van der Waals surface area contributed by atoms with Crippen LogP contribution in [0, 0.1) is 6.92 Å². The maximum absolute atomic E-state index is 13.1. The van der Waals surface area contributed by atoms with Gasteiger partial charge in [0.25, 0.3) is 5.91 Å². The van der Waals surface area contributed by atoms with Crippen molar-refractivity contribution in [2.24, 2.45) is 0 Å². The van der Waals surface area contributed by atoms with Gasteiger partial charge in [0.15, 0.2) is 0 Å². The van der Waals surface area contributed by atoms with Gasteiger partial charge in [-0.2, -0.15) is 0 Å². The summed E-state index contributed by atoms with van der Waals surface area (Å²) >= 11 is 5.97. The molecule has 8 nitrogen and oxygen atoms in total. The Kier molecular flexibility index (Phi) is 5.89. The molecule has 1 fully saturated rings. The number of methoxy groups -OCH3 is 2. The van der Waals surface area contributed by atoms with Crippen molar-refractivity contribution in [2.45, 2.75) is 19.4 Å². The first-order chi connectivity index (χ1) is 14.2. The Morgan fingerprint density at radius 3 is 2.43 bits per heavy atom. The number of benzene rings is 2. The Morgan fingerprint density at radius 2 is 1.80 bits per heavy atom. The SMILES string of the molecule is COc1ccc(C2(C)NC(=O)N(CC(=O)Nc3cc(Cl)ccc3OC)C2=O)cc1C. The summed E-state index contributed by atoms with van der Waals surface area (Å²) in [6.45, 7) is 2.99. The average molecular weight is 432 g/mol. The van der Waals surface area contributed by atoms with Gasteiger partial charge in [-0.15, -0.1) is 0 Å². The largest absolute Gasteiger partial charge is 0.496 e. The van der Waals surface area contributed by atoms with Crippen LogP contribution in [0.4, 0.5) is 10.5 Å². The van der Waals surface area contributed by atoms with Gasteiger partial charge in [0.2, 0.25) is 5.91 Å². The molecular formula is C21H22ClN3O5. The number of carbonyl (C=O) groups is 3. The summed E-state index contributed by atoms with van der Waals surface area (Å²) in [5.74, 6) is -0.00572. The Hall–Kier alpha value is -3.26. The van der Waals surface area contributed by atoms with Crippen molar-refractivity contribution in [3.63, 3.8) is 0 Å². The van der Waals surface area contributed by atoms with Gasteiger partial charge >= 0.3 is 6.03 Å². The van der Waals surface area contributed by atoms with Gasteiger partial charge in [0, 0.05) is 5.02 Å². The van der Waals surface area contributed by atoms with Crippen LogP contribution in [0.15, 0.2) is 36.4 Å². The monoisotopic (exact) mass is 431 g/mol. The van der Waals surface area contributed by atoms with Crippen molar-refractivity contribution in [2.75, 3.05) is 26.1 Å². The molecule has 3 rings (SSSR count). The van der Waals surface area contributed by atoms with E-state index in [2.05, 4.69) is 10.6 Å². The van der Waals surface area contributed by atoms with Crippen molar-refractivity contribution in [3.05, 3.63) is 52.5 Å². The molecule has 1 saturated heterocycles. The third-order valence-corrected chi connectivity index (χ3v) is 5.22. The Labute approximate surface area is 179 Å². The molecule has 0 spiro atoms. The van der Waals surface area contributed by atoms with E-state index in [9.17, 15) is 14.4 Å². The predicted molar refractivity (Wildman–Crippen MR) is 112 cm³/mol. The number of imide groups is 1. The van der Waals surface area contributed by atoms with Crippen molar-refractivity contribution < 1.29 is 23.9 Å². The standard InChI is InChI=1S/C21H22ClN3O5/c1-12-9-13(5-7-16(12)29-3)21(2)19(27)25(20(28)24-21)11-18(26)23-15-10-14(22)6-8-17(15)30-4/h5-10H,11H2,1-4H3,(H,23,26)(H,24,28). The molecule has 0 radical (unpaired) electrons. The van der Waals surface area contributed by atoms with Crippen molar-refractivity contribution in [1.82, 2.24) is 10.2 Å². The molecule has 30 heavy (non-hydrogen) atoms. The van der Waals surface area contributed by atoms with E-state index in [0.717, 1.165) is 10.5 Å². The molecular weight excluding hydrogens is 410 g/mol. The van der Waals surface area contributed by atoms with Gasteiger partial charge in [0.05, 0.1) is 19.9 Å². The van der Waals surface area contributed by atoms with E-state index in [1.54, 1.807) is 44.4 Å². The lowest BCUT2D eigenvalue weighted by atomic mass is 9.90. The van der Waals surface area contributed by atoms with Gasteiger partial charge in [-0.05, 0) is 55.3 Å². The summed E-state index contributed by atoms with van der Waals surface area (Å²) in [7, 11) is 3.01. The second-order valence-electron chi connectivity index (χ2n) is 7.02. The highest BCUT2D eigenvalue weighted by molar-refractivity contribution is 6.31. The van der Waals surface area contributed by atoms with Crippen LogP contribution in [0.1, 0.15) is 18.1 Å². The molecule has 1 aliphatic rings. The van der Waals surface area contributed by atoms with E-state index in [1.165, 1.54) is 13.2 Å². The van der Waals surface area contributed by atoms with E-state index in [4.69, 9.17) is 21.1 Å². The van der Waals surface area contributed by atoms with E-state index < -0.39 is 29.9 Å². The third-order valence-electron chi connectivity index (χ3n) is 4.98. The van der Waals surface area contributed by atoms with Gasteiger partial charge in [-0.3, -0.25) is 14.5 Å². The van der Waals surface area contributed by atoms with Crippen molar-refractivity contribution in [3.8, 4) is 11.5 Å². The molecule has 158 valence electrons. The first-order valence-electron chi connectivity index (χ1n) is 9.12. The lowest BCUT2D eigenvalue weighted by molar-refractivity contribution is -0.133. The van der Waals surface area contributed by atoms with Crippen LogP contribution in [0.5, 0.6) is 11.5 Å². The number of aryl methyl sites for hydroxylation is 1. The molecule has 2 aromatic carbocycles. The maximum atomic E-state index is 13.1. The van der Waals surface area contributed by atoms with Crippen LogP contribution in [0.3, 0.4) is 0 Å². The quantitative estimate of drug-likeness (QED) is 0.685. The Morgan fingerprint density at radius 1 is 1.13 bits per heavy atom. The number of carbonyl (C=O) groups excluding carboxylic acids is 3. The fraction of sp³-hybridized carbons (Fsp3) is 0.286. The highest BCUT2D eigenvalue weighted by atomic mass is 35.5. The zero-order valence-corrected chi connectivity index (χ0v) is 17.8. The smallest absolute Gasteiger partial charge is 0.325 e. The lowest BCUT2D eigenvalue weighted by Gasteiger charge is -2.23. The molecule has 4 amide bonds. The van der Waals surface area contributed by atoms with Gasteiger partial charge in [0.1, 0.15) is 23.6 Å². The van der Waals surface area contributed by atoms with E-state index in [0.29, 0.717) is 27.8 Å². The number of halogens is 1. The molecule has 0 aromatic heterocycles. The summed E-state index contributed by atoms with van der Waals surface area (Å²) in [6, 6.07) is 9.32. The number of ether oxygens (including phenoxy) is 2. The Bertz CT molecular complexity index is 1030. The molecule has 1 atom stereocenters. The predicted octanol–water partition coefficient (Wildman–Crippen LogP) is 3.07. The van der Waals surface area contributed by atoms with Crippen LogP contribution in [0.2, 0.25) is 5.02 Å². The minimum Gasteiger partial charge on any atom is -0.496 e. The van der Waals surface area contributed by atoms with Crippen LogP contribution < -0.4 is 20.1 Å². The number of anilines is 1. The van der Waals surface area contributed by atoms with Crippen LogP contribution in [-0.4, -0.2) is 43.5 Å². The molecule has 9 heteroatoms. The molecule has 0 saturated carbocycles. The summed E-state index contributed by atoms with van der Waals surface area (Å²) < 4.78 is 10.4. The molecule has 0 aliphatic carbocycles. The van der Waals surface area contributed by atoms with E-state index in [-0.39, 0.29) is 0 Å². The van der Waals surface area contributed by atoms with E-state index >= 15 is 0 Å². The molecule has 2 N–H and O–H groups in total. The number of nitrogens with zero attached hydrogens (tertiary/aromatic N) is 1. The summed E-state index contributed by atoms with van der Waals surface area (Å²) in [5.41, 5.74) is 0.471. The third kappa shape index (κ3) is 3.91. The van der Waals surface area contributed by atoms with Crippen molar-refractivity contribution >= 4 is 35.1 Å². The molecule has 1 unspecified atom stereocenters. The normalized spacial score (nSPS) is 18.2. The maximum Gasteiger partial charge on any atom is 0.325 e. The first-order valence-corrected chi connectivity index (χ1v) is 9.50. The summed E-state index contributed by atoms with van der Waals surface area (Å²) in [5, 5.41) is 5.71. The highest BCUT2D eigenvalue weighted by Crippen LogP contribution is 2.32. The number of nitrogens with one attached hydrogen (secondary N) is 2. The van der Waals surface area contributed by atoms with Crippen LogP contribution >= 0.6 is 11.6 Å². The number of hydrogen-bond acceptors (Lipinski definition) is 5. The van der Waals surface area contributed by atoms with Crippen LogP contribution in [0.25, 0.3) is 0 Å². The number of hydrogen-bond donors (Lipinski definition) is 2. The zero-order valence-electron chi connectivity index (χ0n) is 17.0. The number of amides is 4. The van der Waals surface area contributed by atoms with Gasteiger partial charge in [-0.25, -0.2) is 4.79 Å². The van der Waals surface area contributed by atoms with Gasteiger partial charge in [-0.1, -0.05) is 17.7 Å². The zero-order chi connectivity index (χ0) is 22.1. The van der Waals surface area contributed by atoms with E-state index in [1.807, 2.05) is 6.92 Å².